The van der Waals surface area contributed by atoms with Gasteiger partial charge >= 0.3 is 0 Å². The van der Waals surface area contributed by atoms with E-state index >= 15 is 0 Å². The van der Waals surface area contributed by atoms with Crippen LogP contribution in [0.1, 0.15) is 0 Å². The second kappa shape index (κ2) is 3.44. The minimum Gasteiger partial charge on any atom is -0.394 e. The van der Waals surface area contributed by atoms with E-state index in [0.29, 0.717) is 17.3 Å². The van der Waals surface area contributed by atoms with Crippen molar-refractivity contribution in [3.8, 4) is 11.4 Å². The molecule has 3 rings (SSSR count). The van der Waals surface area contributed by atoms with Gasteiger partial charge in [-0.2, -0.15) is 5.10 Å². The zero-order chi connectivity index (χ0) is 11.8. The molecule has 6 nitrogen and oxygen atoms in total. The molecule has 0 unspecified atom stereocenters. The van der Waals surface area contributed by atoms with E-state index in [1.54, 1.807) is 6.20 Å². The predicted octanol–water partition coefficient (Wildman–Crippen LogP) is 1.18. The Morgan fingerprint density at radius 2 is 2.00 bits per heavy atom. The molecule has 0 atom stereocenters. The Balaban J connectivity index is 2.16. The van der Waals surface area contributed by atoms with Gasteiger partial charge in [-0.25, -0.2) is 9.97 Å². The lowest BCUT2D eigenvalue weighted by Gasteiger charge is -2.03. The van der Waals surface area contributed by atoms with E-state index in [0.717, 1.165) is 16.5 Å². The SMILES string of the molecule is Nc1cnc(-c2ccc3cn[nH]c3c2)nc1N. The molecule has 3 aromatic rings. The van der Waals surface area contributed by atoms with Crippen molar-refractivity contribution in [2.75, 3.05) is 11.5 Å². The third-order valence-electron chi connectivity index (χ3n) is 2.55. The first-order valence-electron chi connectivity index (χ1n) is 5.05. The number of H-pyrrole nitrogens is 1. The monoisotopic (exact) mass is 226 g/mol. The Kier molecular flexibility index (Phi) is 1.94. The van der Waals surface area contributed by atoms with Crippen molar-refractivity contribution in [1.82, 2.24) is 20.2 Å². The number of fused-ring (bicyclic) bond motifs is 1. The lowest BCUT2D eigenvalue weighted by Crippen LogP contribution is -2.00. The number of hydrogen-bond acceptors (Lipinski definition) is 5. The number of hydrogen-bond donors (Lipinski definition) is 3. The van der Waals surface area contributed by atoms with Crippen molar-refractivity contribution in [3.63, 3.8) is 0 Å². The molecular weight excluding hydrogens is 216 g/mol. The van der Waals surface area contributed by atoms with E-state index in [-0.39, 0.29) is 0 Å². The number of anilines is 2. The summed E-state index contributed by atoms with van der Waals surface area (Å²) in [4.78, 5) is 8.29. The quantitative estimate of drug-likeness (QED) is 0.577. The van der Waals surface area contributed by atoms with Crippen LogP contribution in [0.2, 0.25) is 0 Å². The molecule has 0 fully saturated rings. The third-order valence-corrected chi connectivity index (χ3v) is 2.55. The highest BCUT2D eigenvalue weighted by Gasteiger charge is 2.05. The summed E-state index contributed by atoms with van der Waals surface area (Å²) >= 11 is 0. The van der Waals surface area contributed by atoms with Gasteiger partial charge in [-0.3, -0.25) is 5.10 Å². The number of aromatic nitrogens is 4. The average Bonchev–Trinajstić information content (AvgIpc) is 2.79. The molecule has 0 amide bonds. The summed E-state index contributed by atoms with van der Waals surface area (Å²) in [6, 6.07) is 5.79. The lowest BCUT2D eigenvalue weighted by atomic mass is 10.1. The fourth-order valence-electron chi connectivity index (χ4n) is 1.62. The molecule has 84 valence electrons. The van der Waals surface area contributed by atoms with Crippen LogP contribution in [0.25, 0.3) is 22.3 Å². The van der Waals surface area contributed by atoms with E-state index < -0.39 is 0 Å². The van der Waals surface area contributed by atoms with Crippen LogP contribution in [0.15, 0.2) is 30.6 Å². The van der Waals surface area contributed by atoms with Gasteiger partial charge in [0.15, 0.2) is 11.6 Å². The average molecular weight is 226 g/mol. The zero-order valence-electron chi connectivity index (χ0n) is 8.88. The first-order valence-corrected chi connectivity index (χ1v) is 5.05. The van der Waals surface area contributed by atoms with E-state index in [9.17, 15) is 0 Å². The summed E-state index contributed by atoms with van der Waals surface area (Å²) in [7, 11) is 0. The predicted molar refractivity (Wildman–Crippen MR) is 65.9 cm³/mol. The van der Waals surface area contributed by atoms with Crippen molar-refractivity contribution >= 4 is 22.4 Å². The van der Waals surface area contributed by atoms with Crippen molar-refractivity contribution < 1.29 is 0 Å². The maximum Gasteiger partial charge on any atom is 0.161 e. The molecule has 0 radical (unpaired) electrons. The summed E-state index contributed by atoms with van der Waals surface area (Å²) < 4.78 is 0. The smallest absolute Gasteiger partial charge is 0.161 e. The van der Waals surface area contributed by atoms with Gasteiger partial charge in [0.2, 0.25) is 0 Å². The molecule has 2 heterocycles. The van der Waals surface area contributed by atoms with Crippen LogP contribution in [0.4, 0.5) is 11.5 Å². The molecule has 1 aromatic carbocycles. The van der Waals surface area contributed by atoms with Gasteiger partial charge in [-0.05, 0) is 6.07 Å². The van der Waals surface area contributed by atoms with Gasteiger partial charge in [-0.15, -0.1) is 0 Å². The van der Waals surface area contributed by atoms with Gasteiger partial charge in [-0.1, -0.05) is 12.1 Å². The standard InChI is InChI=1S/C11H10N6/c12-8-5-14-11(16-10(8)13)6-1-2-7-4-15-17-9(7)3-6/h1-5H,12H2,(H,15,17)(H2,13,14,16). The number of rotatable bonds is 1. The van der Waals surface area contributed by atoms with E-state index in [1.165, 1.54) is 6.20 Å². The van der Waals surface area contributed by atoms with Crippen LogP contribution in [0.3, 0.4) is 0 Å². The molecule has 0 saturated heterocycles. The van der Waals surface area contributed by atoms with Gasteiger partial charge in [0.05, 0.1) is 23.6 Å². The van der Waals surface area contributed by atoms with Crippen molar-refractivity contribution in [2.24, 2.45) is 0 Å². The van der Waals surface area contributed by atoms with Gasteiger partial charge in [0, 0.05) is 10.9 Å². The van der Waals surface area contributed by atoms with Crippen LogP contribution in [-0.4, -0.2) is 20.2 Å². The van der Waals surface area contributed by atoms with E-state index in [1.807, 2.05) is 18.2 Å². The maximum absolute atomic E-state index is 5.65. The highest BCUT2D eigenvalue weighted by Crippen LogP contribution is 2.22. The largest absolute Gasteiger partial charge is 0.394 e. The number of nitrogen functional groups attached to an aromatic ring is 2. The lowest BCUT2D eigenvalue weighted by molar-refractivity contribution is 1.12. The van der Waals surface area contributed by atoms with E-state index in [2.05, 4.69) is 20.2 Å². The summed E-state index contributed by atoms with van der Waals surface area (Å²) in [5.74, 6) is 0.841. The minimum absolute atomic E-state index is 0.291. The maximum atomic E-state index is 5.65. The first-order chi connectivity index (χ1) is 8.24. The fraction of sp³-hybridized carbons (Fsp3) is 0. The van der Waals surface area contributed by atoms with Crippen LogP contribution < -0.4 is 11.5 Å². The van der Waals surface area contributed by atoms with Crippen LogP contribution >= 0.6 is 0 Å². The van der Waals surface area contributed by atoms with Crippen LogP contribution in [0.5, 0.6) is 0 Å². The van der Waals surface area contributed by atoms with Crippen LogP contribution in [0, 0.1) is 0 Å². The van der Waals surface area contributed by atoms with Gasteiger partial charge in [0.1, 0.15) is 0 Å². The summed E-state index contributed by atoms with van der Waals surface area (Å²) in [5.41, 5.74) is 13.4. The normalized spacial score (nSPS) is 10.8. The highest BCUT2D eigenvalue weighted by molar-refractivity contribution is 5.82. The first kappa shape index (κ1) is 9.59. The Hall–Kier alpha value is -2.63. The molecule has 2 aromatic heterocycles. The molecule has 0 bridgehead atoms. The van der Waals surface area contributed by atoms with Crippen molar-refractivity contribution in [1.29, 1.82) is 0 Å². The van der Waals surface area contributed by atoms with Crippen molar-refractivity contribution in [2.45, 2.75) is 0 Å². The number of nitrogens with zero attached hydrogens (tertiary/aromatic N) is 3. The van der Waals surface area contributed by atoms with Crippen LogP contribution in [-0.2, 0) is 0 Å². The second-order valence-corrected chi connectivity index (χ2v) is 3.71. The van der Waals surface area contributed by atoms with Gasteiger partial charge < -0.3 is 11.5 Å². The molecule has 17 heavy (non-hydrogen) atoms. The Labute approximate surface area is 96.7 Å². The summed E-state index contributed by atoms with van der Waals surface area (Å²) in [5, 5.41) is 7.89. The Morgan fingerprint density at radius 3 is 2.82 bits per heavy atom. The molecule has 0 aliphatic rings. The molecule has 0 saturated carbocycles. The summed E-state index contributed by atoms with van der Waals surface area (Å²) in [6.07, 6.45) is 3.27. The number of aromatic amines is 1. The second-order valence-electron chi connectivity index (χ2n) is 3.71. The van der Waals surface area contributed by atoms with E-state index in [4.69, 9.17) is 11.5 Å². The molecule has 0 aliphatic carbocycles. The highest BCUT2D eigenvalue weighted by atomic mass is 15.1. The third kappa shape index (κ3) is 1.55. The number of benzene rings is 1. The molecule has 0 spiro atoms. The molecule has 0 aliphatic heterocycles. The Morgan fingerprint density at radius 1 is 1.12 bits per heavy atom. The molecule has 5 N–H and O–H groups in total. The van der Waals surface area contributed by atoms with Crippen molar-refractivity contribution in [3.05, 3.63) is 30.6 Å². The Bertz CT molecular complexity index is 687. The topological polar surface area (TPSA) is 106 Å². The van der Waals surface area contributed by atoms with Gasteiger partial charge in [0.25, 0.3) is 0 Å². The number of nitrogens with one attached hydrogen (secondary N) is 1. The minimum atomic E-state index is 0.291. The number of nitrogens with two attached hydrogens (primary N) is 2. The zero-order valence-corrected chi connectivity index (χ0v) is 8.88. The molecular formula is C11H10N6. The summed E-state index contributed by atoms with van der Waals surface area (Å²) in [6.45, 7) is 0. The fourth-order valence-corrected chi connectivity index (χ4v) is 1.62. The molecule has 6 heteroatoms.